The average Bonchev–Trinajstić information content (AvgIpc) is 2.98. The van der Waals surface area contributed by atoms with E-state index in [-0.39, 0.29) is 37.4 Å². The number of nitrogens with two attached hydrogens (primary N) is 1. The van der Waals surface area contributed by atoms with Gasteiger partial charge >= 0.3 is 6.09 Å². The normalized spacial score (nSPS) is 19.1. The van der Waals surface area contributed by atoms with E-state index in [2.05, 4.69) is 0 Å². The molecule has 3 N–H and O–H groups in total. The monoisotopic (exact) mass is 413 g/mol. The lowest BCUT2D eigenvalue weighted by Crippen LogP contribution is -2.52. The van der Waals surface area contributed by atoms with Crippen molar-refractivity contribution in [2.75, 3.05) is 39.4 Å². The summed E-state index contributed by atoms with van der Waals surface area (Å²) in [4.78, 5) is 27.8. The first-order valence-electron chi connectivity index (χ1n) is 9.34. The van der Waals surface area contributed by atoms with Crippen LogP contribution < -0.4 is 10.5 Å². The van der Waals surface area contributed by atoms with E-state index in [1.165, 1.54) is 0 Å². The number of aliphatic hydroxyl groups is 1. The first-order valence-corrected chi connectivity index (χ1v) is 9.34. The van der Waals surface area contributed by atoms with Gasteiger partial charge in [-0.3, -0.25) is 4.79 Å². The van der Waals surface area contributed by atoms with Crippen LogP contribution in [-0.2, 0) is 9.53 Å². The van der Waals surface area contributed by atoms with Crippen molar-refractivity contribution in [1.82, 2.24) is 9.80 Å². The molecular weight excluding hydrogens is 386 g/mol. The second-order valence-corrected chi connectivity index (χ2v) is 7.08. The highest BCUT2D eigenvalue weighted by Crippen LogP contribution is 2.33. The molecule has 2 aliphatic heterocycles. The van der Waals surface area contributed by atoms with Gasteiger partial charge in [-0.1, -0.05) is 18.2 Å². The summed E-state index contributed by atoms with van der Waals surface area (Å²) in [6.45, 7) is 2.26. The van der Waals surface area contributed by atoms with Crippen LogP contribution in [0.1, 0.15) is 19.3 Å². The van der Waals surface area contributed by atoms with Crippen molar-refractivity contribution in [2.24, 2.45) is 5.73 Å². The fraction of sp³-hybridized carbons (Fsp3) is 0.579. The van der Waals surface area contributed by atoms with E-state index in [9.17, 15) is 9.59 Å². The third-order valence-electron chi connectivity index (χ3n) is 5.16. The van der Waals surface area contributed by atoms with E-state index < -0.39 is 11.6 Å². The lowest BCUT2D eigenvalue weighted by atomic mass is 9.91. The summed E-state index contributed by atoms with van der Waals surface area (Å²) in [6, 6.07) is 8.78. The molecular formula is C19H28ClN3O5. The molecule has 0 radical (unpaired) electrons. The number of carbonyl (C=O) groups excluding carboxylic acids is 2. The fourth-order valence-electron chi connectivity index (χ4n) is 3.55. The van der Waals surface area contributed by atoms with E-state index in [1.54, 1.807) is 9.80 Å². The van der Waals surface area contributed by atoms with E-state index in [0.29, 0.717) is 45.6 Å². The van der Waals surface area contributed by atoms with Gasteiger partial charge in [0.1, 0.15) is 18.0 Å². The Hall–Kier alpha value is -2.03. The molecule has 1 atom stereocenters. The molecule has 9 heteroatoms. The number of aliphatic hydroxyl groups excluding tert-OH is 1. The number of amides is 2. The molecule has 0 unspecified atom stereocenters. The second kappa shape index (κ2) is 9.95. The lowest BCUT2D eigenvalue weighted by molar-refractivity contribution is -0.136. The number of rotatable bonds is 7. The minimum Gasteiger partial charge on any atom is -0.492 e. The van der Waals surface area contributed by atoms with Gasteiger partial charge < -0.3 is 30.1 Å². The molecule has 2 heterocycles. The second-order valence-electron chi connectivity index (χ2n) is 7.08. The van der Waals surface area contributed by atoms with Crippen LogP contribution in [0.2, 0.25) is 0 Å². The lowest BCUT2D eigenvalue weighted by Gasteiger charge is -2.38. The quantitative estimate of drug-likeness (QED) is 0.691. The largest absolute Gasteiger partial charge is 0.492 e. The SMILES string of the molecule is Cl.N[C@@H](CCO)C(=O)N1CCC2(CC1)CN(CCOc1ccccc1)C(=O)O2. The first kappa shape index (κ1) is 22.3. The minimum absolute atomic E-state index is 0. The number of hydrogen-bond donors (Lipinski definition) is 2. The highest BCUT2D eigenvalue weighted by Gasteiger charge is 2.47. The maximum Gasteiger partial charge on any atom is 0.410 e. The zero-order valence-corrected chi connectivity index (χ0v) is 16.6. The summed E-state index contributed by atoms with van der Waals surface area (Å²) in [6.07, 6.45) is 1.10. The number of halogens is 1. The predicted octanol–water partition coefficient (Wildman–Crippen LogP) is 1.01. The molecule has 0 aliphatic carbocycles. The number of para-hydroxylation sites is 1. The van der Waals surface area contributed by atoms with Gasteiger partial charge in [0, 0.05) is 32.5 Å². The summed E-state index contributed by atoms with van der Waals surface area (Å²) in [5.74, 6) is 0.613. The Morgan fingerprint density at radius 3 is 2.61 bits per heavy atom. The molecule has 1 aromatic rings. The van der Waals surface area contributed by atoms with Crippen molar-refractivity contribution in [2.45, 2.75) is 30.9 Å². The Balaban J connectivity index is 0.00000280. The summed E-state index contributed by atoms with van der Waals surface area (Å²) >= 11 is 0. The zero-order valence-electron chi connectivity index (χ0n) is 15.8. The van der Waals surface area contributed by atoms with Crippen molar-refractivity contribution in [3.8, 4) is 5.75 Å². The van der Waals surface area contributed by atoms with Gasteiger partial charge in [-0.25, -0.2) is 4.79 Å². The Bertz CT molecular complexity index is 652. The van der Waals surface area contributed by atoms with Crippen LogP contribution in [-0.4, -0.2) is 77.9 Å². The van der Waals surface area contributed by atoms with Crippen LogP contribution in [0.5, 0.6) is 5.75 Å². The summed E-state index contributed by atoms with van der Waals surface area (Å²) in [7, 11) is 0. The van der Waals surface area contributed by atoms with Gasteiger partial charge in [-0.15, -0.1) is 12.4 Å². The number of benzene rings is 1. The molecule has 1 aromatic carbocycles. The maximum atomic E-state index is 12.3. The van der Waals surface area contributed by atoms with Crippen LogP contribution in [0, 0.1) is 0 Å². The Labute approximate surface area is 171 Å². The molecule has 0 aromatic heterocycles. The van der Waals surface area contributed by atoms with Crippen LogP contribution >= 0.6 is 12.4 Å². The highest BCUT2D eigenvalue weighted by atomic mass is 35.5. The number of hydrogen-bond acceptors (Lipinski definition) is 6. The van der Waals surface area contributed by atoms with Crippen LogP contribution in [0.15, 0.2) is 30.3 Å². The standard InChI is InChI=1S/C19H27N3O5.ClH/c20-16(6-12-23)17(24)21-9-7-19(8-10-21)14-22(18(25)27-19)11-13-26-15-4-2-1-3-5-15;/h1-5,16,23H,6-14,20H2;1H/t16-;/m0./s1. The van der Waals surface area contributed by atoms with E-state index in [4.69, 9.17) is 20.3 Å². The maximum absolute atomic E-state index is 12.3. The number of piperidine rings is 1. The van der Waals surface area contributed by atoms with Gasteiger partial charge in [0.2, 0.25) is 5.91 Å². The van der Waals surface area contributed by atoms with Crippen molar-refractivity contribution in [3.05, 3.63) is 30.3 Å². The predicted molar refractivity (Wildman–Crippen MR) is 105 cm³/mol. The number of carbonyl (C=O) groups is 2. The summed E-state index contributed by atoms with van der Waals surface area (Å²) in [5.41, 5.74) is 5.25. The van der Waals surface area contributed by atoms with Gasteiger partial charge in [-0.05, 0) is 18.6 Å². The van der Waals surface area contributed by atoms with Crippen LogP contribution in [0.3, 0.4) is 0 Å². The van der Waals surface area contributed by atoms with E-state index >= 15 is 0 Å². The first-order chi connectivity index (χ1) is 13.0. The summed E-state index contributed by atoms with van der Waals surface area (Å²) < 4.78 is 11.3. The third kappa shape index (κ3) is 5.27. The molecule has 3 rings (SSSR count). The van der Waals surface area contributed by atoms with Crippen molar-refractivity contribution >= 4 is 24.4 Å². The zero-order chi connectivity index (χ0) is 19.3. The third-order valence-corrected chi connectivity index (χ3v) is 5.16. The van der Waals surface area contributed by atoms with Gasteiger partial charge in [0.05, 0.1) is 19.1 Å². The summed E-state index contributed by atoms with van der Waals surface area (Å²) in [5, 5.41) is 8.93. The van der Waals surface area contributed by atoms with E-state index in [0.717, 1.165) is 5.75 Å². The highest BCUT2D eigenvalue weighted by molar-refractivity contribution is 5.85. The molecule has 0 saturated carbocycles. The molecule has 28 heavy (non-hydrogen) atoms. The molecule has 1 spiro atoms. The topological polar surface area (TPSA) is 105 Å². The van der Waals surface area contributed by atoms with Crippen LogP contribution in [0.25, 0.3) is 0 Å². The molecule has 2 saturated heterocycles. The Morgan fingerprint density at radius 1 is 1.29 bits per heavy atom. The minimum atomic E-state index is -0.679. The number of likely N-dealkylation sites (tertiary alicyclic amines) is 1. The molecule has 2 aliphatic rings. The fourth-order valence-corrected chi connectivity index (χ4v) is 3.55. The van der Waals surface area contributed by atoms with Gasteiger partial charge in [-0.2, -0.15) is 0 Å². The number of nitrogens with zero attached hydrogens (tertiary/aromatic N) is 2. The van der Waals surface area contributed by atoms with E-state index in [1.807, 2.05) is 30.3 Å². The molecule has 2 fully saturated rings. The van der Waals surface area contributed by atoms with Gasteiger partial charge in [0.15, 0.2) is 0 Å². The average molecular weight is 414 g/mol. The van der Waals surface area contributed by atoms with Crippen LogP contribution in [0.4, 0.5) is 4.79 Å². The molecule has 8 nitrogen and oxygen atoms in total. The van der Waals surface area contributed by atoms with Crippen molar-refractivity contribution in [3.63, 3.8) is 0 Å². The molecule has 156 valence electrons. The molecule has 2 amide bonds. The number of ether oxygens (including phenoxy) is 2. The Kier molecular flexibility index (Phi) is 7.91. The Morgan fingerprint density at radius 2 is 1.96 bits per heavy atom. The smallest absolute Gasteiger partial charge is 0.410 e. The van der Waals surface area contributed by atoms with Crippen molar-refractivity contribution in [1.29, 1.82) is 0 Å². The van der Waals surface area contributed by atoms with Crippen molar-refractivity contribution < 1.29 is 24.2 Å². The van der Waals surface area contributed by atoms with Gasteiger partial charge in [0.25, 0.3) is 0 Å². The molecule has 0 bridgehead atoms.